The molecule has 0 atom stereocenters. The Hall–Kier alpha value is -1.23. The number of aromatic amines is 1. The van der Waals surface area contributed by atoms with Crippen LogP contribution in [0.25, 0.3) is 11.0 Å². The van der Waals surface area contributed by atoms with E-state index in [9.17, 15) is 0 Å². The minimum absolute atomic E-state index is 0.606. The number of aromatic nitrogens is 4. The minimum Gasteiger partial charge on any atom is -0.331 e. The van der Waals surface area contributed by atoms with E-state index >= 15 is 0 Å². The summed E-state index contributed by atoms with van der Waals surface area (Å²) in [5.41, 5.74) is 1.84. The standard InChI is InChI=1S/C7H8N4S/c1-4-5-6(11(2)10-4)8-3-9-7(5)12/h3H,1-2H3,(H,8,9,12). The first-order chi connectivity index (χ1) is 5.70. The number of H-pyrrole nitrogens is 1. The average Bonchev–Trinajstić information content (AvgIpc) is 2.29. The third-order valence-corrected chi connectivity index (χ3v) is 2.13. The van der Waals surface area contributed by atoms with Crippen LogP contribution in [0.5, 0.6) is 0 Å². The van der Waals surface area contributed by atoms with Crippen LogP contribution >= 0.6 is 12.2 Å². The van der Waals surface area contributed by atoms with Crippen molar-refractivity contribution < 1.29 is 0 Å². The predicted octanol–water partition coefficient (Wildman–Crippen LogP) is 1.33. The zero-order valence-corrected chi connectivity index (χ0v) is 7.64. The van der Waals surface area contributed by atoms with Crippen LogP contribution < -0.4 is 0 Å². The number of aryl methyl sites for hydroxylation is 2. The second-order valence-electron chi connectivity index (χ2n) is 2.64. The van der Waals surface area contributed by atoms with Crippen molar-refractivity contribution in [3.63, 3.8) is 0 Å². The summed E-state index contributed by atoms with van der Waals surface area (Å²) in [4.78, 5) is 6.99. The van der Waals surface area contributed by atoms with Crippen LogP contribution in [0.4, 0.5) is 0 Å². The Morgan fingerprint density at radius 1 is 1.58 bits per heavy atom. The molecule has 12 heavy (non-hydrogen) atoms. The molecule has 0 saturated carbocycles. The van der Waals surface area contributed by atoms with Gasteiger partial charge in [-0.05, 0) is 6.92 Å². The monoisotopic (exact) mass is 180 g/mol. The van der Waals surface area contributed by atoms with Gasteiger partial charge in [0.15, 0.2) is 0 Å². The van der Waals surface area contributed by atoms with Gasteiger partial charge in [-0.25, -0.2) is 4.98 Å². The molecule has 2 aromatic heterocycles. The van der Waals surface area contributed by atoms with Crippen LogP contribution in [0.3, 0.4) is 0 Å². The largest absolute Gasteiger partial charge is 0.331 e. The molecule has 0 aliphatic heterocycles. The highest BCUT2D eigenvalue weighted by molar-refractivity contribution is 7.71. The summed E-state index contributed by atoms with van der Waals surface area (Å²) in [6, 6.07) is 0. The molecule has 0 spiro atoms. The Balaban J connectivity index is 3.09. The van der Waals surface area contributed by atoms with Crippen LogP contribution in [0.15, 0.2) is 6.33 Å². The maximum atomic E-state index is 5.07. The number of fused-ring (bicyclic) bond motifs is 1. The lowest BCUT2D eigenvalue weighted by Crippen LogP contribution is -1.91. The summed E-state index contributed by atoms with van der Waals surface area (Å²) in [7, 11) is 1.88. The second-order valence-corrected chi connectivity index (χ2v) is 3.03. The molecule has 0 aromatic carbocycles. The fourth-order valence-corrected chi connectivity index (χ4v) is 1.59. The molecular weight excluding hydrogens is 172 g/mol. The van der Waals surface area contributed by atoms with Crippen LogP contribution in [-0.4, -0.2) is 19.7 Å². The lowest BCUT2D eigenvalue weighted by Gasteiger charge is -1.91. The minimum atomic E-state index is 0.606. The van der Waals surface area contributed by atoms with E-state index in [1.165, 1.54) is 0 Å². The number of hydrogen-bond acceptors (Lipinski definition) is 3. The normalized spacial score (nSPS) is 10.8. The summed E-state index contributed by atoms with van der Waals surface area (Å²) < 4.78 is 2.37. The van der Waals surface area contributed by atoms with E-state index in [0.29, 0.717) is 4.64 Å². The van der Waals surface area contributed by atoms with Gasteiger partial charge in [-0.3, -0.25) is 4.68 Å². The van der Waals surface area contributed by atoms with E-state index in [0.717, 1.165) is 16.7 Å². The second kappa shape index (κ2) is 2.38. The molecule has 0 saturated heterocycles. The highest BCUT2D eigenvalue weighted by Crippen LogP contribution is 2.13. The van der Waals surface area contributed by atoms with E-state index in [4.69, 9.17) is 12.2 Å². The number of hydrogen-bond donors (Lipinski definition) is 1. The van der Waals surface area contributed by atoms with E-state index < -0.39 is 0 Å². The van der Waals surface area contributed by atoms with Gasteiger partial charge < -0.3 is 4.98 Å². The Morgan fingerprint density at radius 3 is 3.00 bits per heavy atom. The molecule has 0 bridgehead atoms. The zero-order chi connectivity index (χ0) is 8.72. The number of rotatable bonds is 0. The van der Waals surface area contributed by atoms with Gasteiger partial charge >= 0.3 is 0 Å². The Labute approximate surface area is 74.2 Å². The van der Waals surface area contributed by atoms with E-state index in [1.54, 1.807) is 11.0 Å². The molecule has 4 nitrogen and oxygen atoms in total. The summed E-state index contributed by atoms with van der Waals surface area (Å²) in [5.74, 6) is 0. The summed E-state index contributed by atoms with van der Waals surface area (Å²) in [6.45, 7) is 1.92. The lowest BCUT2D eigenvalue weighted by atomic mass is 10.3. The van der Waals surface area contributed by atoms with Gasteiger partial charge in [0.05, 0.1) is 17.4 Å². The molecule has 1 N–H and O–H groups in total. The van der Waals surface area contributed by atoms with Crippen molar-refractivity contribution in [1.29, 1.82) is 0 Å². The molecule has 2 heterocycles. The van der Waals surface area contributed by atoms with Crippen molar-refractivity contribution in [2.24, 2.45) is 7.05 Å². The topological polar surface area (TPSA) is 46.5 Å². The van der Waals surface area contributed by atoms with Gasteiger partial charge in [0.2, 0.25) is 0 Å². The molecule has 0 amide bonds. The van der Waals surface area contributed by atoms with E-state index in [-0.39, 0.29) is 0 Å². The first-order valence-corrected chi connectivity index (χ1v) is 3.98. The molecule has 5 heteroatoms. The number of nitrogens with zero attached hydrogens (tertiary/aromatic N) is 3. The fourth-order valence-electron chi connectivity index (χ4n) is 1.30. The van der Waals surface area contributed by atoms with Crippen molar-refractivity contribution in [2.75, 3.05) is 0 Å². The highest BCUT2D eigenvalue weighted by Gasteiger charge is 2.05. The van der Waals surface area contributed by atoms with Crippen LogP contribution in [0, 0.1) is 11.6 Å². The maximum Gasteiger partial charge on any atom is 0.140 e. The Morgan fingerprint density at radius 2 is 2.33 bits per heavy atom. The Kier molecular flexibility index (Phi) is 1.47. The highest BCUT2D eigenvalue weighted by atomic mass is 32.1. The van der Waals surface area contributed by atoms with Crippen molar-refractivity contribution in [3.05, 3.63) is 16.7 Å². The predicted molar refractivity (Wildman–Crippen MR) is 48.4 cm³/mol. The van der Waals surface area contributed by atoms with Crippen LogP contribution in [0.1, 0.15) is 5.69 Å². The SMILES string of the molecule is Cc1nn(C)c2[nH]cnc(=S)c12. The van der Waals surface area contributed by atoms with Crippen molar-refractivity contribution in [2.45, 2.75) is 6.92 Å². The fraction of sp³-hybridized carbons (Fsp3) is 0.286. The lowest BCUT2D eigenvalue weighted by molar-refractivity contribution is 0.773. The molecular formula is C7H8N4S. The average molecular weight is 180 g/mol. The van der Waals surface area contributed by atoms with Crippen molar-refractivity contribution in [3.8, 4) is 0 Å². The van der Waals surface area contributed by atoms with E-state index in [2.05, 4.69) is 15.1 Å². The van der Waals surface area contributed by atoms with Crippen molar-refractivity contribution in [1.82, 2.24) is 19.7 Å². The molecule has 0 radical (unpaired) electrons. The van der Waals surface area contributed by atoms with Crippen LogP contribution in [-0.2, 0) is 7.05 Å². The molecule has 2 aromatic rings. The van der Waals surface area contributed by atoms with Gasteiger partial charge in [-0.1, -0.05) is 12.2 Å². The van der Waals surface area contributed by atoms with Gasteiger partial charge in [0.1, 0.15) is 10.3 Å². The van der Waals surface area contributed by atoms with Crippen LogP contribution in [0.2, 0.25) is 0 Å². The van der Waals surface area contributed by atoms with Crippen molar-refractivity contribution >= 4 is 23.3 Å². The van der Waals surface area contributed by atoms with E-state index in [1.807, 2.05) is 14.0 Å². The molecule has 0 aliphatic rings. The Bertz CT molecular complexity index is 482. The van der Waals surface area contributed by atoms with Gasteiger partial charge in [0, 0.05) is 7.05 Å². The van der Waals surface area contributed by atoms with Gasteiger partial charge in [0.25, 0.3) is 0 Å². The first kappa shape index (κ1) is 7.42. The first-order valence-electron chi connectivity index (χ1n) is 3.57. The quantitative estimate of drug-likeness (QED) is 0.622. The van der Waals surface area contributed by atoms with Gasteiger partial charge in [-0.15, -0.1) is 0 Å². The third kappa shape index (κ3) is 0.863. The summed E-state index contributed by atoms with van der Waals surface area (Å²) in [6.07, 6.45) is 1.59. The molecule has 2 rings (SSSR count). The molecule has 62 valence electrons. The molecule has 0 aliphatic carbocycles. The summed E-state index contributed by atoms with van der Waals surface area (Å²) in [5, 5.41) is 5.17. The smallest absolute Gasteiger partial charge is 0.140 e. The molecule has 0 unspecified atom stereocenters. The third-order valence-electron chi connectivity index (χ3n) is 1.82. The molecule has 0 fully saturated rings. The number of nitrogens with one attached hydrogen (secondary N) is 1. The zero-order valence-electron chi connectivity index (χ0n) is 6.83. The maximum absolute atomic E-state index is 5.07. The summed E-state index contributed by atoms with van der Waals surface area (Å²) >= 11 is 5.07. The van der Waals surface area contributed by atoms with Gasteiger partial charge in [-0.2, -0.15) is 5.10 Å².